The van der Waals surface area contributed by atoms with Gasteiger partial charge in [0.25, 0.3) is 10.1 Å². The lowest BCUT2D eigenvalue weighted by Crippen LogP contribution is -2.00. The number of pyridine rings is 1. The minimum absolute atomic E-state index is 0.0297. The molecule has 0 atom stereocenters. The van der Waals surface area contributed by atoms with Crippen LogP contribution >= 0.6 is 0 Å². The number of para-hydroxylation sites is 1. The Labute approximate surface area is 121 Å². The van der Waals surface area contributed by atoms with Crippen molar-refractivity contribution in [3.8, 4) is 16.9 Å². The van der Waals surface area contributed by atoms with Gasteiger partial charge in [-0.2, -0.15) is 8.42 Å². The molecule has 21 heavy (non-hydrogen) atoms. The van der Waals surface area contributed by atoms with E-state index >= 15 is 0 Å². The molecule has 0 aliphatic heterocycles. The normalized spacial score (nSPS) is 11.7. The number of hydrogen-bond acceptors (Lipinski definition) is 4. The van der Waals surface area contributed by atoms with Crippen LogP contribution in [0.4, 0.5) is 0 Å². The van der Waals surface area contributed by atoms with Crippen LogP contribution in [0, 0.1) is 0 Å². The maximum Gasteiger partial charge on any atom is 0.295 e. The number of aromatic hydroxyl groups is 1. The van der Waals surface area contributed by atoms with Gasteiger partial charge in [0.05, 0.1) is 0 Å². The molecule has 6 heteroatoms. The molecule has 3 rings (SSSR count). The molecule has 0 aliphatic rings. The summed E-state index contributed by atoms with van der Waals surface area (Å²) in [7, 11) is -4.38. The van der Waals surface area contributed by atoms with E-state index in [1.807, 2.05) is 0 Å². The van der Waals surface area contributed by atoms with Crippen LogP contribution in [0.1, 0.15) is 0 Å². The van der Waals surface area contributed by atoms with Crippen molar-refractivity contribution in [1.29, 1.82) is 0 Å². The Kier molecular flexibility index (Phi) is 3.12. The minimum Gasteiger partial charge on any atom is -0.507 e. The van der Waals surface area contributed by atoms with E-state index in [0.29, 0.717) is 21.9 Å². The first kappa shape index (κ1) is 13.5. The summed E-state index contributed by atoms with van der Waals surface area (Å²) in [6.45, 7) is 0. The number of phenols is 1. The van der Waals surface area contributed by atoms with E-state index < -0.39 is 10.1 Å². The first-order valence-electron chi connectivity index (χ1n) is 6.10. The predicted molar refractivity (Wildman–Crippen MR) is 78.7 cm³/mol. The lowest BCUT2D eigenvalue weighted by Gasteiger charge is -2.09. The largest absolute Gasteiger partial charge is 0.507 e. The van der Waals surface area contributed by atoms with Gasteiger partial charge in [0.1, 0.15) is 10.6 Å². The summed E-state index contributed by atoms with van der Waals surface area (Å²) in [4.78, 5) is 3.75. The quantitative estimate of drug-likeness (QED) is 0.711. The molecule has 2 aromatic carbocycles. The zero-order chi connectivity index (χ0) is 15.0. The predicted octanol–water partition coefficient (Wildman–Crippen LogP) is 2.85. The van der Waals surface area contributed by atoms with Gasteiger partial charge >= 0.3 is 0 Å². The summed E-state index contributed by atoms with van der Waals surface area (Å²) in [5, 5.41) is 10.8. The zero-order valence-electron chi connectivity index (χ0n) is 10.8. The topological polar surface area (TPSA) is 87.5 Å². The number of fused-ring (bicyclic) bond motifs is 1. The Bertz CT molecular complexity index is 935. The molecule has 0 saturated carbocycles. The van der Waals surface area contributed by atoms with E-state index in [0.717, 1.165) is 0 Å². The molecular formula is C15H11NO4S. The molecule has 5 nitrogen and oxygen atoms in total. The second kappa shape index (κ2) is 4.83. The van der Waals surface area contributed by atoms with Crippen LogP contribution in [0.2, 0.25) is 0 Å². The van der Waals surface area contributed by atoms with Crippen LogP contribution in [0.15, 0.2) is 59.8 Å². The van der Waals surface area contributed by atoms with Crippen LogP contribution in [0.3, 0.4) is 0 Å². The third-order valence-electron chi connectivity index (χ3n) is 3.21. The van der Waals surface area contributed by atoms with Crippen LogP contribution in [0.5, 0.6) is 5.75 Å². The Morgan fingerprint density at radius 3 is 2.52 bits per heavy atom. The monoisotopic (exact) mass is 301 g/mol. The molecule has 0 radical (unpaired) electrons. The van der Waals surface area contributed by atoms with Gasteiger partial charge in [-0.3, -0.25) is 9.54 Å². The molecule has 0 saturated heterocycles. The summed E-state index contributed by atoms with van der Waals surface area (Å²) in [6, 6.07) is 11.2. The first-order chi connectivity index (χ1) is 9.97. The van der Waals surface area contributed by atoms with Crippen molar-refractivity contribution < 1.29 is 18.1 Å². The number of rotatable bonds is 2. The zero-order valence-corrected chi connectivity index (χ0v) is 11.6. The van der Waals surface area contributed by atoms with Gasteiger partial charge in [0.2, 0.25) is 0 Å². The Morgan fingerprint density at radius 2 is 1.81 bits per heavy atom. The van der Waals surface area contributed by atoms with E-state index in [1.54, 1.807) is 24.3 Å². The molecule has 1 aromatic heterocycles. The van der Waals surface area contributed by atoms with Crippen molar-refractivity contribution in [3.63, 3.8) is 0 Å². The van der Waals surface area contributed by atoms with Crippen molar-refractivity contribution in [2.24, 2.45) is 0 Å². The maximum absolute atomic E-state index is 11.6. The van der Waals surface area contributed by atoms with Crippen molar-refractivity contribution in [2.75, 3.05) is 0 Å². The van der Waals surface area contributed by atoms with Crippen molar-refractivity contribution >= 4 is 20.9 Å². The van der Waals surface area contributed by atoms with Gasteiger partial charge in [-0.1, -0.05) is 18.2 Å². The fourth-order valence-corrected chi connectivity index (χ4v) is 3.00. The molecule has 0 aliphatic carbocycles. The van der Waals surface area contributed by atoms with E-state index in [2.05, 4.69) is 4.98 Å². The molecule has 3 aromatic rings. The third kappa shape index (κ3) is 2.46. The fraction of sp³-hybridized carbons (Fsp3) is 0. The van der Waals surface area contributed by atoms with Crippen LogP contribution < -0.4 is 0 Å². The lowest BCUT2D eigenvalue weighted by atomic mass is 10.0. The highest BCUT2D eigenvalue weighted by Gasteiger charge is 2.17. The lowest BCUT2D eigenvalue weighted by molar-refractivity contribution is 0.477. The van der Waals surface area contributed by atoms with Crippen LogP contribution in [0.25, 0.3) is 21.9 Å². The molecule has 0 fully saturated rings. The third-order valence-corrected chi connectivity index (χ3v) is 4.10. The van der Waals surface area contributed by atoms with E-state index in [1.165, 1.54) is 30.6 Å². The van der Waals surface area contributed by atoms with Crippen LogP contribution in [-0.2, 0) is 10.1 Å². The second-order valence-electron chi connectivity index (χ2n) is 4.56. The number of aromatic nitrogens is 1. The fourth-order valence-electron chi connectivity index (χ4n) is 2.26. The average molecular weight is 301 g/mol. The number of hydrogen-bond donors (Lipinski definition) is 2. The van der Waals surface area contributed by atoms with Gasteiger partial charge in [0.15, 0.2) is 0 Å². The summed E-state index contributed by atoms with van der Waals surface area (Å²) >= 11 is 0. The van der Waals surface area contributed by atoms with Gasteiger partial charge in [0, 0.05) is 28.7 Å². The Hall–Kier alpha value is -2.44. The molecule has 0 bridgehead atoms. The van der Waals surface area contributed by atoms with Crippen molar-refractivity contribution in [2.45, 2.75) is 4.90 Å². The smallest absolute Gasteiger partial charge is 0.295 e. The average Bonchev–Trinajstić information content (AvgIpc) is 2.45. The number of nitrogens with zero attached hydrogens (tertiary/aromatic N) is 1. The molecule has 0 amide bonds. The first-order valence-corrected chi connectivity index (χ1v) is 7.54. The highest BCUT2D eigenvalue weighted by molar-refractivity contribution is 7.86. The second-order valence-corrected chi connectivity index (χ2v) is 5.95. The summed E-state index contributed by atoms with van der Waals surface area (Å²) in [5.74, 6) is 0.0297. The summed E-state index contributed by atoms with van der Waals surface area (Å²) in [5.41, 5.74) is 0.967. The van der Waals surface area contributed by atoms with Gasteiger partial charge < -0.3 is 5.11 Å². The molecule has 1 heterocycles. The minimum atomic E-state index is -4.38. The molecule has 106 valence electrons. The Morgan fingerprint density at radius 1 is 1.05 bits per heavy atom. The molecule has 0 spiro atoms. The molecule has 0 unspecified atom stereocenters. The van der Waals surface area contributed by atoms with E-state index in [4.69, 9.17) is 0 Å². The summed E-state index contributed by atoms with van der Waals surface area (Å²) < 4.78 is 32.6. The standard InChI is InChI=1S/C15H11NO4S/c17-14-4-2-1-3-12(14)10-7-11-9-16-6-5-13(11)15(8-10)21(18,19)20/h1-9,17H,(H,18,19,20). The highest BCUT2D eigenvalue weighted by atomic mass is 32.2. The highest BCUT2D eigenvalue weighted by Crippen LogP contribution is 2.34. The summed E-state index contributed by atoms with van der Waals surface area (Å²) in [6.07, 6.45) is 2.96. The SMILES string of the molecule is O=S(=O)(O)c1cc(-c2ccccc2O)cc2cnccc12. The van der Waals surface area contributed by atoms with Gasteiger partial charge in [-0.25, -0.2) is 0 Å². The Balaban J connectivity index is 2.39. The van der Waals surface area contributed by atoms with Crippen LogP contribution in [-0.4, -0.2) is 23.1 Å². The van der Waals surface area contributed by atoms with Crippen molar-refractivity contribution in [3.05, 3.63) is 54.9 Å². The maximum atomic E-state index is 11.6. The number of phenolic OH excluding ortho intramolecular Hbond substituents is 1. The van der Waals surface area contributed by atoms with Crippen molar-refractivity contribution in [1.82, 2.24) is 4.98 Å². The van der Waals surface area contributed by atoms with Gasteiger partial charge in [-0.15, -0.1) is 0 Å². The van der Waals surface area contributed by atoms with E-state index in [9.17, 15) is 18.1 Å². The molecule has 2 N–H and O–H groups in total. The number of benzene rings is 2. The van der Waals surface area contributed by atoms with Gasteiger partial charge in [-0.05, 0) is 29.8 Å². The molecular weight excluding hydrogens is 290 g/mol. The van der Waals surface area contributed by atoms with E-state index in [-0.39, 0.29) is 10.6 Å².